The molecule has 12 heteroatoms. The van der Waals surface area contributed by atoms with E-state index in [-0.39, 0.29) is 29.6 Å². The molecule has 47 heavy (non-hydrogen) atoms. The molecule has 5 rings (SSSR count). The molecule has 0 radical (unpaired) electrons. The Hall–Kier alpha value is -3.74. The molecule has 9 nitrogen and oxygen atoms in total. The Labute approximate surface area is 288 Å². The van der Waals surface area contributed by atoms with Gasteiger partial charge in [0.1, 0.15) is 5.75 Å². The number of benzene rings is 4. The van der Waals surface area contributed by atoms with Crippen molar-refractivity contribution >= 4 is 49.2 Å². The zero-order valence-electron chi connectivity index (χ0n) is 25.4. The van der Waals surface area contributed by atoms with E-state index in [4.69, 9.17) is 31.2 Å². The Morgan fingerprint density at radius 2 is 1.68 bits per heavy atom. The zero-order valence-corrected chi connectivity index (χ0v) is 28.6. The number of nitrogens with one attached hydrogen (secondary N) is 2. The van der Waals surface area contributed by atoms with Gasteiger partial charge < -0.3 is 14.6 Å². The number of ether oxygens (including phenoxy) is 2. The van der Waals surface area contributed by atoms with Crippen LogP contribution in [-0.2, 0) is 25.8 Å². The standard InChI is InChI=1S/C35H35BrClN3O6S/c36-31-10-5-4-9-30(31)32-35(20-24-47(43,44)29-7-2-1-3-8-29,34(42)40-38-21-19-25-11-15-27(37)16-12-25)39-33(46-32)26-13-17-28(18-14-26)45-23-6-22-41/h1-5,7-18,32,38,41H,6,19-24H2,(H,40,42)/t32-,35-/m0/s1. The number of aliphatic imine (C=N–C) groups is 1. The Bertz CT molecular complexity index is 1790. The van der Waals surface area contributed by atoms with Crippen molar-refractivity contribution in [1.82, 2.24) is 10.9 Å². The maximum absolute atomic E-state index is 14.3. The number of hydrazine groups is 1. The molecule has 3 N–H and O–H groups in total. The van der Waals surface area contributed by atoms with E-state index in [9.17, 15) is 13.2 Å². The van der Waals surface area contributed by atoms with Crippen molar-refractivity contribution in [1.29, 1.82) is 0 Å². The highest BCUT2D eigenvalue weighted by Gasteiger charge is 2.54. The minimum atomic E-state index is -3.78. The molecular weight excluding hydrogens is 706 g/mol. The highest BCUT2D eigenvalue weighted by Crippen LogP contribution is 2.45. The highest BCUT2D eigenvalue weighted by molar-refractivity contribution is 9.10. The molecular formula is C35H35BrClN3O6S. The molecule has 1 amide bonds. The van der Waals surface area contributed by atoms with Crippen molar-refractivity contribution in [2.75, 3.05) is 25.5 Å². The van der Waals surface area contributed by atoms with E-state index in [2.05, 4.69) is 26.8 Å². The van der Waals surface area contributed by atoms with Gasteiger partial charge in [-0.2, -0.15) is 0 Å². The van der Waals surface area contributed by atoms with Gasteiger partial charge in [-0.3, -0.25) is 10.2 Å². The summed E-state index contributed by atoms with van der Waals surface area (Å²) in [6.45, 7) is 0.793. The van der Waals surface area contributed by atoms with E-state index in [0.29, 0.717) is 52.4 Å². The Morgan fingerprint density at radius 1 is 0.979 bits per heavy atom. The van der Waals surface area contributed by atoms with Crippen LogP contribution in [0.2, 0.25) is 5.02 Å². The normalized spacial score (nSPS) is 17.5. The Kier molecular flexibility index (Phi) is 11.7. The predicted molar refractivity (Wildman–Crippen MR) is 185 cm³/mol. The first kappa shape index (κ1) is 34.6. The van der Waals surface area contributed by atoms with Gasteiger partial charge in [0.05, 0.1) is 17.3 Å². The van der Waals surface area contributed by atoms with Gasteiger partial charge in [-0.15, -0.1) is 0 Å². The lowest BCUT2D eigenvalue weighted by Gasteiger charge is -2.31. The monoisotopic (exact) mass is 739 g/mol. The topological polar surface area (TPSA) is 126 Å². The number of aliphatic hydroxyl groups is 1. The molecule has 0 aliphatic carbocycles. The van der Waals surface area contributed by atoms with Gasteiger partial charge in [0.2, 0.25) is 5.90 Å². The van der Waals surface area contributed by atoms with Crippen LogP contribution in [0.1, 0.15) is 35.6 Å². The van der Waals surface area contributed by atoms with Gasteiger partial charge in [-0.1, -0.05) is 76.1 Å². The fraction of sp³-hybridized carbons (Fsp3) is 0.257. The number of aliphatic hydroxyl groups excluding tert-OH is 1. The molecule has 1 aliphatic heterocycles. The summed E-state index contributed by atoms with van der Waals surface area (Å²) in [6.07, 6.45) is -0.00870. The van der Waals surface area contributed by atoms with E-state index in [1.54, 1.807) is 54.6 Å². The van der Waals surface area contributed by atoms with Crippen molar-refractivity contribution in [2.45, 2.75) is 35.8 Å². The van der Waals surface area contributed by atoms with Gasteiger partial charge in [-0.25, -0.2) is 18.8 Å². The van der Waals surface area contributed by atoms with Crippen LogP contribution in [0, 0.1) is 0 Å². The minimum absolute atomic E-state index is 0.0271. The third-order valence-corrected chi connectivity index (χ3v) is 10.4. The number of amides is 1. The van der Waals surface area contributed by atoms with Crippen LogP contribution in [0.3, 0.4) is 0 Å². The van der Waals surface area contributed by atoms with E-state index >= 15 is 0 Å². The fourth-order valence-electron chi connectivity index (χ4n) is 5.18. The fourth-order valence-corrected chi connectivity index (χ4v) is 7.19. The van der Waals surface area contributed by atoms with Crippen molar-refractivity contribution in [3.05, 3.63) is 129 Å². The predicted octanol–water partition coefficient (Wildman–Crippen LogP) is 5.85. The minimum Gasteiger partial charge on any atom is -0.494 e. The second-order valence-corrected chi connectivity index (χ2v) is 14.3. The van der Waals surface area contributed by atoms with E-state index < -0.39 is 27.4 Å². The lowest BCUT2D eigenvalue weighted by molar-refractivity contribution is -0.130. The highest BCUT2D eigenvalue weighted by atomic mass is 79.9. The molecule has 4 aromatic carbocycles. The molecule has 1 heterocycles. The number of nitrogens with zero attached hydrogens (tertiary/aromatic N) is 1. The summed E-state index contributed by atoms with van der Waals surface area (Å²) in [6, 6.07) is 30.0. The summed E-state index contributed by atoms with van der Waals surface area (Å²) in [5, 5.41) is 9.70. The average molecular weight is 741 g/mol. The van der Waals surface area contributed by atoms with E-state index in [1.807, 2.05) is 36.4 Å². The van der Waals surface area contributed by atoms with Crippen LogP contribution in [0.4, 0.5) is 0 Å². The Balaban J connectivity index is 1.48. The van der Waals surface area contributed by atoms with Gasteiger partial charge in [-0.05, 0) is 66.6 Å². The number of halogens is 2. The second-order valence-electron chi connectivity index (χ2n) is 10.9. The van der Waals surface area contributed by atoms with Crippen molar-refractivity contribution in [3.63, 3.8) is 0 Å². The summed E-state index contributed by atoms with van der Waals surface area (Å²) in [7, 11) is -3.78. The number of carbonyl (C=O) groups excluding carboxylic acids is 1. The maximum Gasteiger partial charge on any atom is 0.266 e. The van der Waals surface area contributed by atoms with Gasteiger partial charge in [0, 0.05) is 46.6 Å². The molecule has 0 bridgehead atoms. The molecule has 0 aromatic heterocycles. The second kappa shape index (κ2) is 15.9. The van der Waals surface area contributed by atoms with Crippen molar-refractivity contribution in [3.8, 4) is 5.75 Å². The third-order valence-electron chi connectivity index (χ3n) is 7.73. The van der Waals surface area contributed by atoms with Gasteiger partial charge >= 0.3 is 0 Å². The third kappa shape index (κ3) is 8.60. The SMILES string of the molecule is O=C(NNCCc1ccc(Cl)cc1)[C@@]1(CCS(=O)(=O)c2ccccc2)N=C(c2ccc(OCCCO)cc2)O[C@H]1c1ccccc1Br. The van der Waals surface area contributed by atoms with Crippen LogP contribution in [0.5, 0.6) is 5.75 Å². The summed E-state index contributed by atoms with van der Waals surface area (Å²) in [4.78, 5) is 19.4. The van der Waals surface area contributed by atoms with Crippen LogP contribution >= 0.6 is 27.5 Å². The summed E-state index contributed by atoms with van der Waals surface area (Å²) < 4.78 is 39.9. The first-order valence-electron chi connectivity index (χ1n) is 15.1. The molecule has 2 atom stereocenters. The first-order valence-corrected chi connectivity index (χ1v) is 17.9. The Morgan fingerprint density at radius 3 is 2.38 bits per heavy atom. The molecule has 1 aliphatic rings. The molecule has 0 saturated heterocycles. The first-order chi connectivity index (χ1) is 22.7. The zero-order chi connectivity index (χ0) is 33.3. The van der Waals surface area contributed by atoms with Crippen molar-refractivity contribution in [2.24, 2.45) is 4.99 Å². The molecule has 0 fully saturated rings. The van der Waals surface area contributed by atoms with Crippen molar-refractivity contribution < 1.29 is 27.8 Å². The van der Waals surface area contributed by atoms with Crippen LogP contribution in [0.25, 0.3) is 0 Å². The molecule has 0 spiro atoms. The molecule has 0 unspecified atom stereocenters. The van der Waals surface area contributed by atoms with Crippen LogP contribution in [-0.4, -0.2) is 56.4 Å². The van der Waals surface area contributed by atoms with Crippen LogP contribution in [0.15, 0.2) is 117 Å². The number of rotatable bonds is 15. The molecule has 246 valence electrons. The number of sulfone groups is 1. The lowest BCUT2D eigenvalue weighted by Crippen LogP contribution is -2.53. The largest absolute Gasteiger partial charge is 0.494 e. The quantitative estimate of drug-likeness (QED) is 0.103. The number of hydrogen-bond donors (Lipinski definition) is 3. The van der Waals surface area contributed by atoms with E-state index in [0.717, 1.165) is 5.56 Å². The maximum atomic E-state index is 14.3. The molecule has 0 saturated carbocycles. The summed E-state index contributed by atoms with van der Waals surface area (Å²) >= 11 is 9.62. The average Bonchev–Trinajstić information content (AvgIpc) is 3.48. The smallest absolute Gasteiger partial charge is 0.266 e. The summed E-state index contributed by atoms with van der Waals surface area (Å²) in [5.41, 5.74) is 6.40. The van der Waals surface area contributed by atoms with Crippen LogP contribution < -0.4 is 15.6 Å². The van der Waals surface area contributed by atoms with E-state index in [1.165, 1.54) is 12.1 Å². The summed E-state index contributed by atoms with van der Waals surface area (Å²) in [5.74, 6) is -0.0860. The van der Waals surface area contributed by atoms with Gasteiger partial charge in [0.15, 0.2) is 21.5 Å². The van der Waals surface area contributed by atoms with Gasteiger partial charge in [0.25, 0.3) is 5.91 Å². The number of hydrogen-bond acceptors (Lipinski definition) is 8. The molecule has 4 aromatic rings. The number of carbonyl (C=O) groups is 1. The lowest BCUT2D eigenvalue weighted by atomic mass is 9.85.